The molecule has 2 aliphatic rings. The molecule has 1 heterocycles. The molecule has 1 aromatic carbocycles. The van der Waals surface area contributed by atoms with Crippen molar-refractivity contribution in [3.8, 4) is 0 Å². The minimum atomic E-state index is -0.844. The van der Waals surface area contributed by atoms with E-state index in [0.717, 1.165) is 50.9 Å². The van der Waals surface area contributed by atoms with Crippen LogP contribution in [0.15, 0.2) is 24.3 Å². The van der Waals surface area contributed by atoms with Crippen LogP contribution in [0, 0.1) is 0 Å². The van der Waals surface area contributed by atoms with Gasteiger partial charge in [0.05, 0.1) is 12.0 Å². The molecule has 1 amide bonds. The molecular formula is C19H26N2O3. The Balaban J connectivity index is 1.75. The normalized spacial score (nSPS) is 19.9. The van der Waals surface area contributed by atoms with E-state index in [1.807, 2.05) is 24.3 Å². The summed E-state index contributed by atoms with van der Waals surface area (Å²) in [7, 11) is 0. The highest BCUT2D eigenvalue weighted by molar-refractivity contribution is 5.96. The Morgan fingerprint density at radius 1 is 1.08 bits per heavy atom. The van der Waals surface area contributed by atoms with E-state index >= 15 is 0 Å². The number of amides is 1. The van der Waals surface area contributed by atoms with Crippen molar-refractivity contribution < 1.29 is 14.7 Å². The molecule has 0 radical (unpaired) electrons. The van der Waals surface area contributed by atoms with Crippen LogP contribution < -0.4 is 10.2 Å². The monoisotopic (exact) mass is 330 g/mol. The quantitative estimate of drug-likeness (QED) is 0.870. The predicted molar refractivity (Wildman–Crippen MR) is 93.4 cm³/mol. The lowest BCUT2D eigenvalue weighted by molar-refractivity contribution is -0.139. The third-order valence-corrected chi connectivity index (χ3v) is 5.26. The second-order valence-electron chi connectivity index (χ2n) is 7.11. The molecule has 0 atom stereocenters. The number of hydrogen-bond donors (Lipinski definition) is 2. The Bertz CT molecular complexity index is 602. The fraction of sp³-hybridized carbons (Fsp3) is 0.579. The van der Waals surface area contributed by atoms with Crippen molar-refractivity contribution in [3.05, 3.63) is 29.8 Å². The van der Waals surface area contributed by atoms with Gasteiger partial charge in [-0.3, -0.25) is 9.59 Å². The number of anilines is 1. The van der Waals surface area contributed by atoms with Gasteiger partial charge in [-0.15, -0.1) is 0 Å². The van der Waals surface area contributed by atoms with Crippen molar-refractivity contribution in [1.82, 2.24) is 5.32 Å². The van der Waals surface area contributed by atoms with E-state index in [1.54, 1.807) is 0 Å². The summed E-state index contributed by atoms with van der Waals surface area (Å²) < 4.78 is 0. The van der Waals surface area contributed by atoms with E-state index in [1.165, 1.54) is 12.8 Å². The zero-order chi connectivity index (χ0) is 17.0. The van der Waals surface area contributed by atoms with Gasteiger partial charge in [-0.2, -0.15) is 0 Å². The molecule has 2 N–H and O–H groups in total. The second-order valence-corrected chi connectivity index (χ2v) is 7.11. The van der Waals surface area contributed by atoms with Crippen LogP contribution in [0.3, 0.4) is 0 Å². The van der Waals surface area contributed by atoms with E-state index in [9.17, 15) is 14.7 Å². The van der Waals surface area contributed by atoms with E-state index in [-0.39, 0.29) is 12.3 Å². The number of rotatable bonds is 5. The lowest BCUT2D eigenvalue weighted by Crippen LogP contribution is -2.51. The third-order valence-electron chi connectivity index (χ3n) is 5.26. The minimum Gasteiger partial charge on any atom is -0.481 e. The van der Waals surface area contributed by atoms with E-state index in [0.29, 0.717) is 5.56 Å². The van der Waals surface area contributed by atoms with Gasteiger partial charge in [-0.05, 0) is 43.9 Å². The maximum Gasteiger partial charge on any atom is 0.305 e. The molecule has 5 nitrogen and oxygen atoms in total. The molecule has 24 heavy (non-hydrogen) atoms. The van der Waals surface area contributed by atoms with Gasteiger partial charge in [-0.25, -0.2) is 0 Å². The largest absolute Gasteiger partial charge is 0.481 e. The van der Waals surface area contributed by atoms with Crippen molar-refractivity contribution in [2.75, 3.05) is 18.0 Å². The van der Waals surface area contributed by atoms with Gasteiger partial charge in [0, 0.05) is 24.3 Å². The predicted octanol–water partition coefficient (Wildman–Crippen LogP) is 3.19. The molecule has 1 aliphatic carbocycles. The summed E-state index contributed by atoms with van der Waals surface area (Å²) in [5.74, 6) is -0.998. The number of carbonyl (C=O) groups excluding carboxylic acids is 1. The smallest absolute Gasteiger partial charge is 0.305 e. The average molecular weight is 330 g/mol. The Morgan fingerprint density at radius 3 is 2.46 bits per heavy atom. The van der Waals surface area contributed by atoms with Crippen molar-refractivity contribution >= 4 is 17.6 Å². The van der Waals surface area contributed by atoms with Crippen LogP contribution in [0.1, 0.15) is 61.7 Å². The molecular weight excluding hydrogens is 304 g/mol. The molecule has 0 bridgehead atoms. The Labute approximate surface area is 143 Å². The van der Waals surface area contributed by atoms with Crippen LogP contribution in [0.25, 0.3) is 0 Å². The van der Waals surface area contributed by atoms with Crippen LogP contribution in [0.5, 0.6) is 0 Å². The lowest BCUT2D eigenvalue weighted by Gasteiger charge is -2.37. The standard InChI is InChI=1S/C19H26N2O3/c22-17(23)14-19(9-2-1-3-10-19)20-18(24)15-7-6-8-16(13-15)21-11-4-5-12-21/h6-8,13H,1-5,9-12,14H2,(H,20,24)(H,22,23). The van der Waals surface area contributed by atoms with Crippen molar-refractivity contribution in [2.45, 2.75) is 56.9 Å². The second kappa shape index (κ2) is 7.24. The van der Waals surface area contributed by atoms with Crippen LogP contribution >= 0.6 is 0 Å². The number of hydrogen-bond acceptors (Lipinski definition) is 3. The molecule has 0 unspecified atom stereocenters. The number of carboxylic acids is 1. The maximum absolute atomic E-state index is 12.7. The zero-order valence-electron chi connectivity index (χ0n) is 14.1. The highest BCUT2D eigenvalue weighted by atomic mass is 16.4. The van der Waals surface area contributed by atoms with Gasteiger partial charge in [-0.1, -0.05) is 25.3 Å². The molecule has 1 aromatic rings. The molecule has 2 fully saturated rings. The summed E-state index contributed by atoms with van der Waals surface area (Å²) in [6, 6.07) is 7.69. The van der Waals surface area contributed by atoms with E-state index < -0.39 is 11.5 Å². The summed E-state index contributed by atoms with van der Waals surface area (Å²) in [6.07, 6.45) is 6.94. The van der Waals surface area contributed by atoms with Crippen molar-refractivity contribution in [3.63, 3.8) is 0 Å². The highest BCUT2D eigenvalue weighted by Crippen LogP contribution is 2.31. The molecule has 1 saturated carbocycles. The average Bonchev–Trinajstić information content (AvgIpc) is 3.09. The molecule has 0 spiro atoms. The topological polar surface area (TPSA) is 69.6 Å². The van der Waals surface area contributed by atoms with Crippen LogP contribution in [0.4, 0.5) is 5.69 Å². The SMILES string of the molecule is O=C(O)CC1(NC(=O)c2cccc(N3CCCC3)c2)CCCCC1. The van der Waals surface area contributed by atoms with Crippen molar-refractivity contribution in [1.29, 1.82) is 0 Å². The Hall–Kier alpha value is -2.04. The summed E-state index contributed by atoms with van der Waals surface area (Å²) in [6.45, 7) is 2.07. The van der Waals surface area contributed by atoms with Gasteiger partial charge < -0.3 is 15.3 Å². The minimum absolute atomic E-state index is 0.00452. The first-order valence-electron chi connectivity index (χ1n) is 8.97. The fourth-order valence-electron chi connectivity index (χ4n) is 4.00. The number of nitrogens with zero attached hydrogens (tertiary/aromatic N) is 1. The summed E-state index contributed by atoms with van der Waals surface area (Å²) in [5.41, 5.74) is 1.11. The first kappa shape index (κ1) is 16.8. The number of carbonyl (C=O) groups is 2. The Morgan fingerprint density at radius 2 is 1.79 bits per heavy atom. The van der Waals surface area contributed by atoms with Gasteiger partial charge >= 0.3 is 5.97 Å². The number of aliphatic carboxylic acids is 1. The highest BCUT2D eigenvalue weighted by Gasteiger charge is 2.36. The first-order chi connectivity index (χ1) is 11.6. The summed E-state index contributed by atoms with van der Waals surface area (Å²) in [4.78, 5) is 26.3. The maximum atomic E-state index is 12.7. The summed E-state index contributed by atoms with van der Waals surface area (Å²) >= 11 is 0. The third kappa shape index (κ3) is 3.89. The zero-order valence-corrected chi connectivity index (χ0v) is 14.1. The van der Waals surface area contributed by atoms with Gasteiger partial charge in [0.2, 0.25) is 0 Å². The number of nitrogens with one attached hydrogen (secondary N) is 1. The van der Waals surface area contributed by atoms with Crippen LogP contribution in [-0.2, 0) is 4.79 Å². The van der Waals surface area contributed by atoms with Crippen LogP contribution in [0.2, 0.25) is 0 Å². The van der Waals surface area contributed by atoms with E-state index in [4.69, 9.17) is 0 Å². The molecule has 0 aromatic heterocycles. The summed E-state index contributed by atoms with van der Waals surface area (Å²) in [5, 5.41) is 12.3. The molecule has 1 aliphatic heterocycles. The number of benzene rings is 1. The van der Waals surface area contributed by atoms with E-state index in [2.05, 4.69) is 10.2 Å². The molecule has 3 rings (SSSR count). The molecule has 1 saturated heterocycles. The van der Waals surface area contributed by atoms with Crippen LogP contribution in [-0.4, -0.2) is 35.6 Å². The van der Waals surface area contributed by atoms with Crippen molar-refractivity contribution in [2.24, 2.45) is 0 Å². The molecule has 5 heteroatoms. The first-order valence-corrected chi connectivity index (χ1v) is 8.97. The molecule has 130 valence electrons. The lowest BCUT2D eigenvalue weighted by atomic mass is 9.79. The Kier molecular flexibility index (Phi) is 5.07. The van der Waals surface area contributed by atoms with Gasteiger partial charge in [0.1, 0.15) is 0 Å². The van der Waals surface area contributed by atoms with Gasteiger partial charge in [0.25, 0.3) is 5.91 Å². The number of carboxylic acid groups (broad SMARTS) is 1. The van der Waals surface area contributed by atoms with Gasteiger partial charge in [0.15, 0.2) is 0 Å². The fourth-order valence-corrected chi connectivity index (χ4v) is 4.00.